The third-order valence-electron chi connectivity index (χ3n) is 2.21. The van der Waals surface area contributed by atoms with Crippen LogP contribution in [0.3, 0.4) is 0 Å². The van der Waals surface area contributed by atoms with E-state index in [4.69, 9.17) is 9.88 Å². The predicted molar refractivity (Wildman–Crippen MR) is 71.6 cm³/mol. The molecule has 0 aromatic carbocycles. The number of hydrogen-bond donors (Lipinski definition) is 1. The molecule has 0 spiro atoms. The Hall–Kier alpha value is -1.81. The highest BCUT2D eigenvalue weighted by molar-refractivity contribution is 7.87. The SMILES string of the molecule is C[C@@H](c1ncc(F)cn1)N(C(=O)OC(C)(C)C)S(N)(=O)=O. The van der Waals surface area contributed by atoms with Gasteiger partial charge in [-0.25, -0.2) is 24.3 Å². The fraction of sp³-hybridized carbons (Fsp3) is 0.545. The van der Waals surface area contributed by atoms with E-state index < -0.39 is 33.8 Å². The van der Waals surface area contributed by atoms with Gasteiger partial charge in [0.05, 0.1) is 12.4 Å². The van der Waals surface area contributed by atoms with Gasteiger partial charge in [-0.3, -0.25) is 0 Å². The van der Waals surface area contributed by atoms with Gasteiger partial charge in [0.15, 0.2) is 11.6 Å². The fourth-order valence-electron chi connectivity index (χ4n) is 1.43. The first kappa shape index (κ1) is 17.2. The number of amides is 1. The van der Waals surface area contributed by atoms with E-state index in [0.29, 0.717) is 4.31 Å². The normalized spacial score (nSPS) is 13.6. The zero-order valence-electron chi connectivity index (χ0n) is 12.1. The second-order valence-corrected chi connectivity index (χ2v) is 6.68. The number of ether oxygens (including phenoxy) is 1. The van der Waals surface area contributed by atoms with E-state index in [1.165, 1.54) is 6.92 Å². The van der Waals surface area contributed by atoms with Crippen molar-refractivity contribution in [1.29, 1.82) is 0 Å². The van der Waals surface area contributed by atoms with Gasteiger partial charge in [0.1, 0.15) is 11.6 Å². The Morgan fingerprint density at radius 3 is 2.24 bits per heavy atom. The number of carbonyl (C=O) groups excluding carboxylic acids is 1. The van der Waals surface area contributed by atoms with E-state index in [1.807, 2.05) is 0 Å². The summed E-state index contributed by atoms with van der Waals surface area (Å²) < 4.78 is 41.3. The van der Waals surface area contributed by atoms with Crippen LogP contribution in [0.1, 0.15) is 39.6 Å². The van der Waals surface area contributed by atoms with Crippen molar-refractivity contribution >= 4 is 16.3 Å². The Kier molecular flexibility index (Phi) is 4.84. The quantitative estimate of drug-likeness (QED) is 0.892. The van der Waals surface area contributed by atoms with Gasteiger partial charge in [-0.05, 0) is 27.7 Å². The minimum absolute atomic E-state index is 0.0868. The van der Waals surface area contributed by atoms with Gasteiger partial charge in [0.25, 0.3) is 0 Å². The Bertz CT molecular complexity index is 612. The standard InChI is InChI=1S/C11H17FN4O4S/c1-7(9-14-5-8(12)6-15-9)16(21(13,18)19)10(17)20-11(2,3)4/h5-7H,1-4H3,(H2,13,18,19)/t7-/m0/s1. The molecule has 0 radical (unpaired) electrons. The molecule has 2 N–H and O–H groups in total. The highest BCUT2D eigenvalue weighted by Gasteiger charge is 2.35. The number of nitrogens with two attached hydrogens (primary N) is 1. The molecule has 1 atom stereocenters. The number of halogens is 1. The summed E-state index contributed by atoms with van der Waals surface area (Å²) in [5, 5.41) is 5.04. The van der Waals surface area contributed by atoms with Gasteiger partial charge in [-0.15, -0.1) is 0 Å². The first-order valence-electron chi connectivity index (χ1n) is 5.94. The van der Waals surface area contributed by atoms with Gasteiger partial charge in [0.2, 0.25) is 0 Å². The Labute approximate surface area is 122 Å². The number of carbonyl (C=O) groups is 1. The maximum Gasteiger partial charge on any atom is 0.425 e. The number of nitrogens with zero attached hydrogens (tertiary/aromatic N) is 3. The van der Waals surface area contributed by atoms with Crippen molar-refractivity contribution in [3.8, 4) is 0 Å². The van der Waals surface area contributed by atoms with Crippen molar-refractivity contribution in [1.82, 2.24) is 14.3 Å². The Morgan fingerprint density at radius 1 is 1.38 bits per heavy atom. The summed E-state index contributed by atoms with van der Waals surface area (Å²) in [5.41, 5.74) is -0.913. The van der Waals surface area contributed by atoms with Gasteiger partial charge >= 0.3 is 16.3 Å². The lowest BCUT2D eigenvalue weighted by Gasteiger charge is -2.28. The lowest BCUT2D eigenvalue weighted by molar-refractivity contribution is 0.0342. The molecular weight excluding hydrogens is 303 g/mol. The van der Waals surface area contributed by atoms with E-state index in [1.54, 1.807) is 20.8 Å². The Balaban J connectivity index is 3.14. The van der Waals surface area contributed by atoms with E-state index in [2.05, 4.69) is 9.97 Å². The maximum atomic E-state index is 12.8. The summed E-state index contributed by atoms with van der Waals surface area (Å²) in [6.07, 6.45) is 0.551. The topological polar surface area (TPSA) is 115 Å². The average Bonchev–Trinajstić information content (AvgIpc) is 2.25. The van der Waals surface area contributed by atoms with Crippen molar-refractivity contribution in [3.05, 3.63) is 24.0 Å². The fourth-order valence-corrected chi connectivity index (χ4v) is 2.21. The smallest absolute Gasteiger partial charge is 0.425 e. The Morgan fingerprint density at radius 2 is 1.86 bits per heavy atom. The lowest BCUT2D eigenvalue weighted by Crippen LogP contribution is -2.45. The molecule has 1 aromatic rings. The summed E-state index contributed by atoms with van der Waals surface area (Å²) in [4.78, 5) is 19.3. The van der Waals surface area contributed by atoms with Crippen molar-refractivity contribution in [2.24, 2.45) is 5.14 Å². The monoisotopic (exact) mass is 320 g/mol. The molecule has 0 bridgehead atoms. The second kappa shape index (κ2) is 5.90. The molecule has 0 aliphatic heterocycles. The molecule has 1 rings (SSSR count). The number of rotatable bonds is 3. The van der Waals surface area contributed by atoms with Gasteiger partial charge in [-0.2, -0.15) is 12.7 Å². The highest BCUT2D eigenvalue weighted by atomic mass is 32.2. The van der Waals surface area contributed by atoms with Crippen LogP contribution in [-0.4, -0.2) is 34.4 Å². The molecule has 1 heterocycles. The van der Waals surface area contributed by atoms with Crippen LogP contribution in [-0.2, 0) is 14.9 Å². The predicted octanol–water partition coefficient (Wildman–Crippen LogP) is 1.12. The van der Waals surface area contributed by atoms with Crippen molar-refractivity contribution in [2.75, 3.05) is 0 Å². The molecule has 1 aromatic heterocycles. The van der Waals surface area contributed by atoms with Crippen LogP contribution >= 0.6 is 0 Å². The van der Waals surface area contributed by atoms with Crippen LogP contribution in [0.25, 0.3) is 0 Å². The van der Waals surface area contributed by atoms with Gasteiger partial charge in [-0.1, -0.05) is 0 Å². The van der Waals surface area contributed by atoms with E-state index >= 15 is 0 Å². The van der Waals surface area contributed by atoms with Crippen LogP contribution in [0.15, 0.2) is 12.4 Å². The molecule has 0 aliphatic carbocycles. The first-order chi connectivity index (χ1) is 9.42. The van der Waals surface area contributed by atoms with E-state index in [9.17, 15) is 17.6 Å². The molecule has 0 fully saturated rings. The van der Waals surface area contributed by atoms with Gasteiger partial charge < -0.3 is 4.74 Å². The summed E-state index contributed by atoms with van der Waals surface area (Å²) in [5.74, 6) is -0.776. The molecule has 0 unspecified atom stereocenters. The van der Waals surface area contributed by atoms with Crippen LogP contribution in [0.5, 0.6) is 0 Å². The van der Waals surface area contributed by atoms with E-state index in [-0.39, 0.29) is 5.82 Å². The molecule has 0 saturated carbocycles. The number of hydrogen-bond acceptors (Lipinski definition) is 6. The minimum atomic E-state index is -4.41. The second-order valence-electron chi connectivity index (χ2n) is 5.26. The van der Waals surface area contributed by atoms with Crippen LogP contribution in [0.4, 0.5) is 9.18 Å². The maximum absolute atomic E-state index is 12.8. The summed E-state index contributed by atoms with van der Waals surface area (Å²) >= 11 is 0. The van der Waals surface area contributed by atoms with Gasteiger partial charge in [0, 0.05) is 0 Å². The molecule has 8 nitrogen and oxygen atoms in total. The molecule has 0 saturated heterocycles. The number of aromatic nitrogens is 2. The molecule has 10 heteroatoms. The third-order valence-corrected chi connectivity index (χ3v) is 3.23. The molecular formula is C11H17FN4O4S. The highest BCUT2D eigenvalue weighted by Crippen LogP contribution is 2.22. The zero-order chi connectivity index (χ0) is 16.4. The van der Waals surface area contributed by atoms with Crippen molar-refractivity contribution < 1.29 is 22.3 Å². The summed E-state index contributed by atoms with van der Waals surface area (Å²) in [7, 11) is -4.41. The lowest BCUT2D eigenvalue weighted by atomic mass is 10.2. The molecule has 118 valence electrons. The van der Waals surface area contributed by atoms with Crippen LogP contribution in [0, 0.1) is 5.82 Å². The van der Waals surface area contributed by atoms with Crippen LogP contribution < -0.4 is 5.14 Å². The molecule has 0 aliphatic rings. The third kappa shape index (κ3) is 4.90. The average molecular weight is 320 g/mol. The van der Waals surface area contributed by atoms with E-state index in [0.717, 1.165) is 12.4 Å². The molecule has 1 amide bonds. The largest absolute Gasteiger partial charge is 0.443 e. The minimum Gasteiger partial charge on any atom is -0.443 e. The van der Waals surface area contributed by atoms with Crippen molar-refractivity contribution in [3.63, 3.8) is 0 Å². The molecule has 21 heavy (non-hydrogen) atoms. The summed E-state index contributed by atoms with van der Waals surface area (Å²) in [6, 6.07) is -1.14. The zero-order valence-corrected chi connectivity index (χ0v) is 12.9. The van der Waals surface area contributed by atoms with Crippen molar-refractivity contribution in [2.45, 2.75) is 39.3 Å². The van der Waals surface area contributed by atoms with Crippen LogP contribution in [0.2, 0.25) is 0 Å². The summed E-state index contributed by atoms with van der Waals surface area (Å²) in [6.45, 7) is 6.06. The first-order valence-corrected chi connectivity index (χ1v) is 7.44.